The minimum absolute atomic E-state index is 0.134. The van der Waals surface area contributed by atoms with E-state index in [9.17, 15) is 4.79 Å². The second kappa shape index (κ2) is 8.46. The van der Waals surface area contributed by atoms with Crippen LogP contribution in [0.25, 0.3) is 0 Å². The number of hydrogen-bond donors (Lipinski definition) is 1. The number of hydrogen-bond acceptors (Lipinski definition) is 5. The summed E-state index contributed by atoms with van der Waals surface area (Å²) >= 11 is 0. The van der Waals surface area contributed by atoms with Crippen LogP contribution >= 0.6 is 0 Å². The van der Waals surface area contributed by atoms with E-state index in [0.29, 0.717) is 11.4 Å². The number of nitrogens with one attached hydrogen (secondary N) is 1. The molecule has 126 valence electrons. The SMILES string of the molecule is CCC(C)C(=O)Oc1cc(C(=NC)/C(C)=C(\C)NC)cnc1C. The minimum atomic E-state index is -0.233. The maximum Gasteiger partial charge on any atom is 0.314 e. The molecule has 0 aliphatic heterocycles. The zero-order chi connectivity index (χ0) is 17.6. The van der Waals surface area contributed by atoms with E-state index in [0.717, 1.165) is 29.0 Å². The molecule has 1 aromatic heterocycles. The molecular weight excluding hydrogens is 290 g/mol. The average molecular weight is 317 g/mol. The molecule has 0 aromatic carbocycles. The van der Waals surface area contributed by atoms with E-state index < -0.39 is 0 Å². The zero-order valence-corrected chi connectivity index (χ0v) is 15.2. The van der Waals surface area contributed by atoms with Gasteiger partial charge in [0.15, 0.2) is 5.75 Å². The van der Waals surface area contributed by atoms with Gasteiger partial charge in [0.05, 0.1) is 17.3 Å². The fourth-order valence-electron chi connectivity index (χ4n) is 2.00. The first kappa shape index (κ1) is 18.9. The van der Waals surface area contributed by atoms with Crippen LogP contribution in [0.5, 0.6) is 5.75 Å². The fraction of sp³-hybridized carbons (Fsp3) is 0.500. The number of allylic oxidation sites excluding steroid dienone is 2. The van der Waals surface area contributed by atoms with Crippen molar-refractivity contribution in [1.82, 2.24) is 10.3 Å². The topological polar surface area (TPSA) is 63.6 Å². The van der Waals surface area contributed by atoms with E-state index in [1.165, 1.54) is 0 Å². The lowest BCUT2D eigenvalue weighted by Crippen LogP contribution is -2.18. The summed E-state index contributed by atoms with van der Waals surface area (Å²) in [5, 5.41) is 3.12. The highest BCUT2D eigenvalue weighted by atomic mass is 16.5. The Bertz CT molecular complexity index is 633. The standard InChI is InChI=1S/C18H27N3O2/c1-8-11(2)18(22)23-16-9-15(10-21-14(16)5)17(20-7)12(3)13(4)19-6/h9-11,19H,8H2,1-7H3/b13-12+,20-17?. The van der Waals surface area contributed by atoms with Gasteiger partial charge < -0.3 is 10.1 Å². The molecule has 0 saturated heterocycles. The molecule has 1 N–H and O–H groups in total. The summed E-state index contributed by atoms with van der Waals surface area (Å²) in [6.07, 6.45) is 2.50. The van der Waals surface area contributed by atoms with Crippen LogP contribution in [0, 0.1) is 12.8 Å². The monoisotopic (exact) mass is 317 g/mol. The van der Waals surface area contributed by atoms with Crippen LogP contribution < -0.4 is 10.1 Å². The highest BCUT2D eigenvalue weighted by Gasteiger charge is 2.17. The first-order chi connectivity index (χ1) is 10.8. The predicted octanol–water partition coefficient (Wildman–Crippen LogP) is 3.27. The molecule has 0 saturated carbocycles. The molecule has 1 heterocycles. The Morgan fingerprint density at radius 1 is 1.43 bits per heavy atom. The smallest absolute Gasteiger partial charge is 0.314 e. The molecule has 1 atom stereocenters. The van der Waals surface area contributed by atoms with Crippen LogP contribution in [0.1, 0.15) is 45.4 Å². The van der Waals surface area contributed by atoms with Gasteiger partial charge in [-0.05, 0) is 38.8 Å². The largest absolute Gasteiger partial charge is 0.424 e. The summed E-state index contributed by atoms with van der Waals surface area (Å²) in [4.78, 5) is 20.8. The normalized spacial score (nSPS) is 14.1. The van der Waals surface area contributed by atoms with E-state index >= 15 is 0 Å². The maximum absolute atomic E-state index is 12.0. The van der Waals surface area contributed by atoms with E-state index in [2.05, 4.69) is 15.3 Å². The van der Waals surface area contributed by atoms with E-state index in [1.807, 2.05) is 47.7 Å². The first-order valence-corrected chi connectivity index (χ1v) is 7.86. The van der Waals surface area contributed by atoms with Crippen LogP contribution in [-0.2, 0) is 4.79 Å². The quantitative estimate of drug-likeness (QED) is 0.646. The third-order valence-electron chi connectivity index (χ3n) is 4.06. The summed E-state index contributed by atoms with van der Waals surface area (Å²) in [6, 6.07) is 1.83. The minimum Gasteiger partial charge on any atom is -0.424 e. The number of aromatic nitrogens is 1. The highest BCUT2D eigenvalue weighted by molar-refractivity contribution is 6.12. The number of aliphatic imine (C=N–C) groups is 1. The van der Waals surface area contributed by atoms with Crippen molar-refractivity contribution in [3.63, 3.8) is 0 Å². The predicted molar refractivity (Wildman–Crippen MR) is 94.0 cm³/mol. The molecule has 0 radical (unpaired) electrons. The molecule has 1 unspecified atom stereocenters. The summed E-state index contributed by atoms with van der Waals surface area (Å²) in [5.41, 5.74) is 4.40. The third kappa shape index (κ3) is 4.65. The van der Waals surface area contributed by atoms with Gasteiger partial charge in [-0.1, -0.05) is 13.8 Å². The Labute approximate surface area is 138 Å². The number of carbonyl (C=O) groups excluding carboxylic acids is 1. The summed E-state index contributed by atoms with van der Waals surface area (Å²) in [5.74, 6) is 0.123. The van der Waals surface area contributed by atoms with Crippen LogP contribution in [0.3, 0.4) is 0 Å². The molecule has 0 fully saturated rings. The second-order valence-electron chi connectivity index (χ2n) is 5.61. The van der Waals surface area contributed by atoms with Gasteiger partial charge in [-0.2, -0.15) is 0 Å². The van der Waals surface area contributed by atoms with Gasteiger partial charge in [-0.15, -0.1) is 0 Å². The molecule has 0 aliphatic rings. The van der Waals surface area contributed by atoms with E-state index in [-0.39, 0.29) is 11.9 Å². The van der Waals surface area contributed by atoms with Crippen molar-refractivity contribution >= 4 is 11.7 Å². The molecule has 5 nitrogen and oxygen atoms in total. The maximum atomic E-state index is 12.0. The van der Waals surface area contributed by atoms with Crippen LogP contribution in [0.4, 0.5) is 0 Å². The molecule has 0 amide bonds. The molecule has 1 rings (SSSR count). The summed E-state index contributed by atoms with van der Waals surface area (Å²) in [6.45, 7) is 9.64. The molecule has 1 aromatic rings. The molecular formula is C18H27N3O2. The number of ether oxygens (including phenoxy) is 1. The van der Waals surface area contributed by atoms with Crippen molar-refractivity contribution in [3.05, 3.63) is 34.8 Å². The highest BCUT2D eigenvalue weighted by Crippen LogP contribution is 2.21. The average Bonchev–Trinajstić information content (AvgIpc) is 2.56. The summed E-state index contributed by atoms with van der Waals surface area (Å²) < 4.78 is 5.51. The van der Waals surface area contributed by atoms with Gasteiger partial charge in [0, 0.05) is 31.6 Å². The Balaban J connectivity index is 3.21. The van der Waals surface area contributed by atoms with Crippen molar-refractivity contribution in [2.24, 2.45) is 10.9 Å². The van der Waals surface area contributed by atoms with Gasteiger partial charge in [0.1, 0.15) is 0 Å². The Morgan fingerprint density at radius 3 is 2.61 bits per heavy atom. The third-order valence-corrected chi connectivity index (χ3v) is 4.06. The number of pyridine rings is 1. The molecule has 0 aliphatic carbocycles. The van der Waals surface area contributed by atoms with Crippen LogP contribution in [-0.4, -0.2) is 30.8 Å². The number of aryl methyl sites for hydroxylation is 1. The van der Waals surface area contributed by atoms with Crippen molar-refractivity contribution in [2.45, 2.75) is 41.0 Å². The zero-order valence-electron chi connectivity index (χ0n) is 15.2. The van der Waals surface area contributed by atoms with Crippen molar-refractivity contribution in [1.29, 1.82) is 0 Å². The van der Waals surface area contributed by atoms with Gasteiger partial charge in [-0.3, -0.25) is 14.8 Å². The molecule has 23 heavy (non-hydrogen) atoms. The molecule has 0 bridgehead atoms. The van der Waals surface area contributed by atoms with Crippen molar-refractivity contribution in [2.75, 3.05) is 14.1 Å². The van der Waals surface area contributed by atoms with Gasteiger partial charge in [0.25, 0.3) is 0 Å². The van der Waals surface area contributed by atoms with E-state index in [1.54, 1.807) is 13.2 Å². The van der Waals surface area contributed by atoms with Crippen molar-refractivity contribution < 1.29 is 9.53 Å². The number of esters is 1. The Morgan fingerprint density at radius 2 is 2.09 bits per heavy atom. The van der Waals surface area contributed by atoms with Gasteiger partial charge in [-0.25, -0.2) is 0 Å². The van der Waals surface area contributed by atoms with Crippen LogP contribution in [0.15, 0.2) is 28.5 Å². The lowest BCUT2D eigenvalue weighted by atomic mass is 10.0. The van der Waals surface area contributed by atoms with E-state index in [4.69, 9.17) is 4.74 Å². The van der Waals surface area contributed by atoms with Gasteiger partial charge >= 0.3 is 5.97 Å². The van der Waals surface area contributed by atoms with Crippen molar-refractivity contribution in [3.8, 4) is 5.75 Å². The number of nitrogens with zero attached hydrogens (tertiary/aromatic N) is 2. The van der Waals surface area contributed by atoms with Gasteiger partial charge in [0.2, 0.25) is 0 Å². The molecule has 0 spiro atoms. The Hall–Kier alpha value is -2.17. The number of rotatable bonds is 6. The molecule has 5 heteroatoms. The summed E-state index contributed by atoms with van der Waals surface area (Å²) in [7, 11) is 3.62. The number of carbonyl (C=O) groups is 1. The fourth-order valence-corrected chi connectivity index (χ4v) is 2.00. The Kier molecular flexibility index (Phi) is 6.94. The van der Waals surface area contributed by atoms with Crippen LogP contribution in [0.2, 0.25) is 0 Å². The first-order valence-electron chi connectivity index (χ1n) is 7.86. The lowest BCUT2D eigenvalue weighted by molar-refractivity contribution is -0.138. The lowest BCUT2D eigenvalue weighted by Gasteiger charge is -2.14. The second-order valence-corrected chi connectivity index (χ2v) is 5.61.